The first-order valence-electron chi connectivity index (χ1n) is 5.91. The minimum atomic E-state index is 0.275. The Balaban J connectivity index is 2.61. The van der Waals surface area contributed by atoms with Crippen molar-refractivity contribution >= 4 is 11.6 Å². The molecule has 0 aliphatic rings. The van der Waals surface area contributed by atoms with Gasteiger partial charge in [-0.25, -0.2) is 0 Å². The standard InChI is InChI=1S/C13H22ClNO/c1-5-15-10(8-9-13(2,3)4)11-6-7-12(14)16-11/h6-7,10,15H,5,8-9H2,1-4H3. The Kier molecular flexibility index (Phi) is 4.88. The van der Waals surface area contributed by atoms with Crippen molar-refractivity contribution < 1.29 is 4.42 Å². The van der Waals surface area contributed by atoms with Gasteiger partial charge in [-0.15, -0.1) is 0 Å². The zero-order chi connectivity index (χ0) is 12.2. The van der Waals surface area contributed by atoms with Crippen LogP contribution in [-0.2, 0) is 0 Å². The van der Waals surface area contributed by atoms with Crippen molar-refractivity contribution in [3.63, 3.8) is 0 Å². The molecule has 0 spiro atoms. The summed E-state index contributed by atoms with van der Waals surface area (Å²) in [4.78, 5) is 0. The summed E-state index contributed by atoms with van der Waals surface area (Å²) in [5, 5.41) is 3.90. The summed E-state index contributed by atoms with van der Waals surface area (Å²) in [5.74, 6) is 0.941. The van der Waals surface area contributed by atoms with Gasteiger partial charge in [-0.3, -0.25) is 0 Å². The molecule has 0 amide bonds. The summed E-state index contributed by atoms with van der Waals surface area (Å²) in [7, 11) is 0. The van der Waals surface area contributed by atoms with Gasteiger partial charge in [0.05, 0.1) is 6.04 Å². The Bertz CT molecular complexity index is 314. The van der Waals surface area contributed by atoms with E-state index in [9.17, 15) is 0 Å². The predicted octanol–water partition coefficient (Wildman–Crippen LogP) is 4.41. The zero-order valence-electron chi connectivity index (χ0n) is 10.6. The Labute approximate surface area is 103 Å². The van der Waals surface area contributed by atoms with Crippen molar-refractivity contribution in [2.24, 2.45) is 5.41 Å². The van der Waals surface area contributed by atoms with Crippen molar-refractivity contribution in [1.82, 2.24) is 5.32 Å². The molecular formula is C13H22ClNO. The van der Waals surface area contributed by atoms with Crippen molar-refractivity contribution in [2.45, 2.75) is 46.6 Å². The average Bonchev–Trinajstić information content (AvgIpc) is 2.57. The molecule has 1 aromatic rings. The van der Waals surface area contributed by atoms with E-state index in [1.165, 1.54) is 0 Å². The van der Waals surface area contributed by atoms with Crippen LogP contribution in [0.25, 0.3) is 0 Å². The lowest BCUT2D eigenvalue weighted by Crippen LogP contribution is -2.22. The molecule has 0 saturated carbocycles. The van der Waals surface area contributed by atoms with E-state index < -0.39 is 0 Å². The summed E-state index contributed by atoms with van der Waals surface area (Å²) in [6.45, 7) is 9.81. The van der Waals surface area contributed by atoms with Crippen molar-refractivity contribution in [2.75, 3.05) is 6.54 Å². The monoisotopic (exact) mass is 243 g/mol. The molecule has 0 fully saturated rings. The number of rotatable bonds is 5. The van der Waals surface area contributed by atoms with Gasteiger partial charge in [0.25, 0.3) is 0 Å². The van der Waals surface area contributed by atoms with E-state index in [-0.39, 0.29) is 6.04 Å². The lowest BCUT2D eigenvalue weighted by atomic mass is 9.88. The Morgan fingerprint density at radius 1 is 1.38 bits per heavy atom. The molecule has 1 atom stereocenters. The van der Waals surface area contributed by atoms with Crippen LogP contribution in [0.1, 0.15) is 52.3 Å². The van der Waals surface area contributed by atoms with Gasteiger partial charge < -0.3 is 9.73 Å². The first kappa shape index (κ1) is 13.6. The second kappa shape index (κ2) is 5.74. The van der Waals surface area contributed by atoms with Crippen molar-refractivity contribution in [1.29, 1.82) is 0 Å². The maximum atomic E-state index is 5.80. The second-order valence-electron chi connectivity index (χ2n) is 5.35. The molecule has 1 unspecified atom stereocenters. The van der Waals surface area contributed by atoms with Gasteiger partial charge in [-0.2, -0.15) is 0 Å². The number of hydrogen-bond acceptors (Lipinski definition) is 2. The second-order valence-corrected chi connectivity index (χ2v) is 5.72. The van der Waals surface area contributed by atoms with Gasteiger partial charge in [0.2, 0.25) is 0 Å². The van der Waals surface area contributed by atoms with Crippen LogP contribution in [-0.4, -0.2) is 6.54 Å². The van der Waals surface area contributed by atoms with Crippen LogP contribution in [0.5, 0.6) is 0 Å². The summed E-state index contributed by atoms with van der Waals surface area (Å²) < 4.78 is 5.47. The molecule has 92 valence electrons. The molecular weight excluding hydrogens is 222 g/mol. The van der Waals surface area contributed by atoms with E-state index in [1.807, 2.05) is 6.07 Å². The minimum absolute atomic E-state index is 0.275. The van der Waals surface area contributed by atoms with Gasteiger partial charge in [-0.05, 0) is 48.5 Å². The summed E-state index contributed by atoms with van der Waals surface area (Å²) in [6.07, 6.45) is 2.23. The van der Waals surface area contributed by atoms with Gasteiger partial charge in [0.15, 0.2) is 5.22 Å². The predicted molar refractivity (Wildman–Crippen MR) is 68.8 cm³/mol. The maximum absolute atomic E-state index is 5.80. The number of nitrogens with one attached hydrogen (secondary N) is 1. The minimum Gasteiger partial charge on any atom is -0.448 e. The summed E-state index contributed by atoms with van der Waals surface area (Å²) in [6, 6.07) is 4.04. The number of halogens is 1. The van der Waals surface area contributed by atoms with Gasteiger partial charge in [-0.1, -0.05) is 27.7 Å². The first-order chi connectivity index (χ1) is 7.42. The number of hydrogen-bond donors (Lipinski definition) is 1. The zero-order valence-corrected chi connectivity index (χ0v) is 11.4. The van der Waals surface area contributed by atoms with Crippen LogP contribution in [0.4, 0.5) is 0 Å². The fraction of sp³-hybridized carbons (Fsp3) is 0.692. The highest BCUT2D eigenvalue weighted by atomic mass is 35.5. The van der Waals surface area contributed by atoms with E-state index >= 15 is 0 Å². The molecule has 0 aliphatic carbocycles. The van der Waals surface area contributed by atoms with E-state index in [0.29, 0.717) is 10.6 Å². The summed E-state index contributed by atoms with van der Waals surface area (Å²) >= 11 is 5.80. The van der Waals surface area contributed by atoms with Crippen LogP contribution in [0, 0.1) is 5.41 Å². The fourth-order valence-corrected chi connectivity index (χ4v) is 1.84. The van der Waals surface area contributed by atoms with Gasteiger partial charge in [0, 0.05) is 0 Å². The average molecular weight is 244 g/mol. The Morgan fingerprint density at radius 3 is 2.50 bits per heavy atom. The maximum Gasteiger partial charge on any atom is 0.193 e. The van der Waals surface area contributed by atoms with Crippen LogP contribution >= 0.6 is 11.6 Å². The third-order valence-corrected chi connectivity index (χ3v) is 2.77. The van der Waals surface area contributed by atoms with Gasteiger partial charge >= 0.3 is 0 Å². The normalized spacial score (nSPS) is 14.1. The lowest BCUT2D eigenvalue weighted by molar-refractivity contribution is 0.313. The SMILES string of the molecule is CCNC(CCC(C)(C)C)c1ccc(Cl)o1. The van der Waals surface area contributed by atoms with E-state index in [0.717, 1.165) is 25.1 Å². The molecule has 1 N–H and O–H groups in total. The topological polar surface area (TPSA) is 25.2 Å². The molecule has 0 radical (unpaired) electrons. The van der Waals surface area contributed by atoms with E-state index in [2.05, 4.69) is 33.0 Å². The van der Waals surface area contributed by atoms with Gasteiger partial charge in [0.1, 0.15) is 5.76 Å². The molecule has 1 heterocycles. The molecule has 16 heavy (non-hydrogen) atoms. The molecule has 0 saturated heterocycles. The highest BCUT2D eigenvalue weighted by molar-refractivity contribution is 6.28. The van der Waals surface area contributed by atoms with Crippen LogP contribution in [0.3, 0.4) is 0 Å². The highest BCUT2D eigenvalue weighted by Gasteiger charge is 2.18. The molecule has 2 nitrogen and oxygen atoms in total. The molecule has 0 aliphatic heterocycles. The molecule has 1 rings (SSSR count). The summed E-state index contributed by atoms with van der Waals surface area (Å²) in [5.41, 5.74) is 0.351. The largest absolute Gasteiger partial charge is 0.448 e. The molecule has 0 bridgehead atoms. The van der Waals surface area contributed by atoms with E-state index in [4.69, 9.17) is 16.0 Å². The van der Waals surface area contributed by atoms with Crippen molar-refractivity contribution in [3.05, 3.63) is 23.1 Å². The molecule has 1 aromatic heterocycles. The van der Waals surface area contributed by atoms with E-state index in [1.54, 1.807) is 6.07 Å². The Hall–Kier alpha value is -0.470. The smallest absolute Gasteiger partial charge is 0.193 e. The quantitative estimate of drug-likeness (QED) is 0.829. The first-order valence-corrected chi connectivity index (χ1v) is 6.29. The molecule has 0 aromatic carbocycles. The third kappa shape index (κ3) is 4.58. The number of furan rings is 1. The third-order valence-electron chi connectivity index (χ3n) is 2.57. The lowest BCUT2D eigenvalue weighted by Gasteiger charge is -2.22. The van der Waals surface area contributed by atoms with Crippen LogP contribution < -0.4 is 5.32 Å². The van der Waals surface area contributed by atoms with Crippen molar-refractivity contribution in [3.8, 4) is 0 Å². The Morgan fingerprint density at radius 2 is 2.06 bits per heavy atom. The van der Waals surface area contributed by atoms with Crippen LogP contribution in [0.2, 0.25) is 5.22 Å². The molecule has 3 heteroatoms. The fourth-order valence-electron chi connectivity index (χ4n) is 1.68. The van der Waals surface area contributed by atoms with Crippen LogP contribution in [0.15, 0.2) is 16.5 Å². The highest BCUT2D eigenvalue weighted by Crippen LogP contribution is 2.29.